The Hall–Kier alpha value is -1.45. The van der Waals surface area contributed by atoms with Crippen LogP contribution >= 0.6 is 11.6 Å². The maximum Gasteiger partial charge on any atom is 0.160 e. The van der Waals surface area contributed by atoms with E-state index in [1.807, 2.05) is 18.2 Å². The second-order valence-electron chi connectivity index (χ2n) is 5.07. The molecular formula is C16H13ClF2O. The molecule has 2 aromatic rings. The standard InChI is InChI=1S/C16H13ClF2O/c17-13-8-15(19)14(18)7-12(13)16(20)11-5-4-9-2-1-3-10(9)6-11/h4-8,16,20H,1-3H2. The third kappa shape index (κ3) is 2.32. The number of aryl methyl sites for hydroxylation is 2. The Morgan fingerprint density at radius 1 is 1.00 bits per heavy atom. The first-order chi connectivity index (χ1) is 9.56. The van der Waals surface area contributed by atoms with Crippen molar-refractivity contribution in [2.75, 3.05) is 0 Å². The van der Waals surface area contributed by atoms with E-state index in [4.69, 9.17) is 11.6 Å². The van der Waals surface area contributed by atoms with Crippen molar-refractivity contribution < 1.29 is 13.9 Å². The van der Waals surface area contributed by atoms with Crippen LogP contribution < -0.4 is 0 Å². The molecule has 0 spiro atoms. The van der Waals surface area contributed by atoms with Crippen LogP contribution in [0.4, 0.5) is 8.78 Å². The van der Waals surface area contributed by atoms with E-state index in [1.54, 1.807) is 0 Å². The normalized spacial score (nSPS) is 15.2. The van der Waals surface area contributed by atoms with Gasteiger partial charge in [0.25, 0.3) is 0 Å². The predicted octanol–water partition coefficient (Wildman–Crippen LogP) is 4.19. The fraction of sp³-hybridized carbons (Fsp3) is 0.250. The zero-order valence-electron chi connectivity index (χ0n) is 10.7. The van der Waals surface area contributed by atoms with E-state index < -0.39 is 17.7 Å². The Morgan fingerprint density at radius 3 is 2.50 bits per heavy atom. The van der Waals surface area contributed by atoms with Crippen molar-refractivity contribution in [3.63, 3.8) is 0 Å². The van der Waals surface area contributed by atoms with Crippen molar-refractivity contribution in [3.8, 4) is 0 Å². The molecule has 1 aliphatic carbocycles. The first-order valence-corrected chi connectivity index (χ1v) is 6.88. The first-order valence-electron chi connectivity index (χ1n) is 6.50. The van der Waals surface area contributed by atoms with Gasteiger partial charge in [-0.3, -0.25) is 0 Å². The van der Waals surface area contributed by atoms with E-state index in [0.717, 1.165) is 31.4 Å². The van der Waals surface area contributed by atoms with Crippen molar-refractivity contribution in [2.45, 2.75) is 25.4 Å². The van der Waals surface area contributed by atoms with Crippen molar-refractivity contribution in [2.24, 2.45) is 0 Å². The Bertz CT molecular complexity index is 670. The molecule has 20 heavy (non-hydrogen) atoms. The van der Waals surface area contributed by atoms with Gasteiger partial charge in [-0.25, -0.2) is 8.78 Å². The molecule has 2 aromatic carbocycles. The van der Waals surface area contributed by atoms with Gasteiger partial charge in [-0.15, -0.1) is 0 Å². The molecule has 0 bridgehead atoms. The highest BCUT2D eigenvalue weighted by molar-refractivity contribution is 6.31. The van der Waals surface area contributed by atoms with Crippen LogP contribution in [0.2, 0.25) is 5.02 Å². The fourth-order valence-corrected chi connectivity index (χ4v) is 2.94. The molecule has 1 aliphatic rings. The highest BCUT2D eigenvalue weighted by Crippen LogP contribution is 2.32. The minimum atomic E-state index is -1.05. The molecule has 1 unspecified atom stereocenters. The van der Waals surface area contributed by atoms with Crippen LogP contribution in [0.3, 0.4) is 0 Å². The number of aliphatic hydroxyl groups is 1. The summed E-state index contributed by atoms with van der Waals surface area (Å²) in [7, 11) is 0. The van der Waals surface area contributed by atoms with Gasteiger partial charge in [0, 0.05) is 10.6 Å². The molecule has 0 saturated carbocycles. The second kappa shape index (κ2) is 5.15. The molecule has 1 N–H and O–H groups in total. The van der Waals surface area contributed by atoms with Crippen LogP contribution in [0.15, 0.2) is 30.3 Å². The van der Waals surface area contributed by atoms with Gasteiger partial charge in [0.15, 0.2) is 11.6 Å². The van der Waals surface area contributed by atoms with Crippen LogP contribution in [0.5, 0.6) is 0 Å². The zero-order chi connectivity index (χ0) is 14.3. The molecule has 104 valence electrons. The lowest BCUT2D eigenvalue weighted by Gasteiger charge is -2.15. The van der Waals surface area contributed by atoms with E-state index in [-0.39, 0.29) is 10.6 Å². The van der Waals surface area contributed by atoms with Gasteiger partial charge in [-0.05, 0) is 48.1 Å². The minimum absolute atomic E-state index is 0.0249. The van der Waals surface area contributed by atoms with E-state index in [0.29, 0.717) is 5.56 Å². The number of hydrogen-bond acceptors (Lipinski definition) is 1. The van der Waals surface area contributed by atoms with Gasteiger partial charge in [0.2, 0.25) is 0 Å². The number of halogens is 3. The second-order valence-corrected chi connectivity index (χ2v) is 5.48. The summed E-state index contributed by atoms with van der Waals surface area (Å²) < 4.78 is 26.4. The molecule has 0 saturated heterocycles. The highest BCUT2D eigenvalue weighted by Gasteiger charge is 2.19. The third-order valence-corrected chi connectivity index (χ3v) is 4.10. The minimum Gasteiger partial charge on any atom is -0.384 e. The summed E-state index contributed by atoms with van der Waals surface area (Å²) in [5, 5.41) is 10.4. The van der Waals surface area contributed by atoms with E-state index >= 15 is 0 Å². The summed E-state index contributed by atoms with van der Waals surface area (Å²) in [5.41, 5.74) is 3.33. The number of aliphatic hydroxyl groups excluding tert-OH is 1. The maximum atomic E-state index is 13.3. The number of hydrogen-bond donors (Lipinski definition) is 1. The smallest absolute Gasteiger partial charge is 0.160 e. The largest absolute Gasteiger partial charge is 0.384 e. The van der Waals surface area contributed by atoms with Crippen LogP contribution in [-0.2, 0) is 12.8 Å². The molecule has 0 fully saturated rings. The van der Waals surface area contributed by atoms with Gasteiger partial charge in [0.1, 0.15) is 6.10 Å². The van der Waals surface area contributed by atoms with Crippen LogP contribution in [0, 0.1) is 11.6 Å². The quantitative estimate of drug-likeness (QED) is 0.824. The summed E-state index contributed by atoms with van der Waals surface area (Å²) in [6, 6.07) is 7.56. The lowest BCUT2D eigenvalue weighted by atomic mass is 9.98. The maximum absolute atomic E-state index is 13.3. The van der Waals surface area contributed by atoms with Gasteiger partial charge in [0.05, 0.1) is 0 Å². The highest BCUT2D eigenvalue weighted by atomic mass is 35.5. The van der Waals surface area contributed by atoms with Crippen molar-refractivity contribution in [1.82, 2.24) is 0 Å². The molecule has 0 heterocycles. The van der Waals surface area contributed by atoms with E-state index in [1.165, 1.54) is 11.1 Å². The number of rotatable bonds is 2. The molecular weight excluding hydrogens is 282 g/mol. The topological polar surface area (TPSA) is 20.2 Å². The van der Waals surface area contributed by atoms with Gasteiger partial charge >= 0.3 is 0 Å². The van der Waals surface area contributed by atoms with Gasteiger partial charge in [-0.2, -0.15) is 0 Å². The SMILES string of the molecule is OC(c1ccc2c(c1)CCC2)c1cc(F)c(F)cc1Cl. The Balaban J connectivity index is 2.00. The zero-order valence-corrected chi connectivity index (χ0v) is 11.4. The Morgan fingerprint density at radius 2 is 1.70 bits per heavy atom. The van der Waals surface area contributed by atoms with Crippen LogP contribution in [0.1, 0.15) is 34.8 Å². The summed E-state index contributed by atoms with van der Waals surface area (Å²) >= 11 is 5.90. The summed E-state index contributed by atoms with van der Waals surface area (Å²) in [5.74, 6) is -2.02. The molecule has 0 aliphatic heterocycles. The molecule has 1 nitrogen and oxygen atoms in total. The van der Waals surface area contributed by atoms with Crippen molar-refractivity contribution in [1.29, 1.82) is 0 Å². The van der Waals surface area contributed by atoms with Gasteiger partial charge in [-0.1, -0.05) is 29.8 Å². The molecule has 4 heteroatoms. The van der Waals surface area contributed by atoms with Crippen molar-refractivity contribution in [3.05, 3.63) is 69.2 Å². The van der Waals surface area contributed by atoms with Crippen molar-refractivity contribution >= 4 is 11.6 Å². The van der Waals surface area contributed by atoms with E-state index in [9.17, 15) is 13.9 Å². The lowest BCUT2D eigenvalue weighted by Crippen LogP contribution is -2.03. The average Bonchev–Trinajstić information content (AvgIpc) is 2.89. The van der Waals surface area contributed by atoms with E-state index in [2.05, 4.69) is 0 Å². The summed E-state index contributed by atoms with van der Waals surface area (Å²) in [6.45, 7) is 0. The van der Waals surface area contributed by atoms with Crippen LogP contribution in [-0.4, -0.2) is 5.11 Å². The molecule has 1 atom stereocenters. The molecule has 3 rings (SSSR count). The molecule has 0 aromatic heterocycles. The predicted molar refractivity (Wildman–Crippen MR) is 73.9 cm³/mol. The average molecular weight is 295 g/mol. The molecule has 0 radical (unpaired) electrons. The lowest BCUT2D eigenvalue weighted by molar-refractivity contribution is 0.219. The summed E-state index contributed by atoms with van der Waals surface area (Å²) in [4.78, 5) is 0. The Kier molecular flexibility index (Phi) is 3.48. The molecule has 0 amide bonds. The fourth-order valence-electron chi connectivity index (χ4n) is 2.69. The summed E-state index contributed by atoms with van der Waals surface area (Å²) in [6.07, 6.45) is 2.10. The Labute approximate surface area is 120 Å². The number of fused-ring (bicyclic) bond motifs is 1. The van der Waals surface area contributed by atoms with Crippen LogP contribution in [0.25, 0.3) is 0 Å². The number of benzene rings is 2. The van der Waals surface area contributed by atoms with Gasteiger partial charge < -0.3 is 5.11 Å². The monoisotopic (exact) mass is 294 g/mol. The first kappa shape index (κ1) is 13.5. The third-order valence-electron chi connectivity index (χ3n) is 3.77.